The van der Waals surface area contributed by atoms with Crippen molar-refractivity contribution < 1.29 is 14.3 Å². The number of aryl methyl sites for hydroxylation is 1. The summed E-state index contributed by atoms with van der Waals surface area (Å²) < 4.78 is 13.3. The quantitative estimate of drug-likeness (QED) is 0.774. The van der Waals surface area contributed by atoms with Gasteiger partial charge in [0.15, 0.2) is 0 Å². The number of benzene rings is 1. The first kappa shape index (κ1) is 15.9. The van der Waals surface area contributed by atoms with E-state index in [-0.39, 0.29) is 30.2 Å². The maximum atomic E-state index is 13.3. The Morgan fingerprint density at radius 2 is 2.32 bits per heavy atom. The standard InChI is InChI=1S/C13H17FN2O2.ClH/c1-8-2-3-9(4-11(8)14)6-16-13(18)12-5-10(17)7-15-12;/h2-4,10,12,15,17H,5-7H2,1H3,(H,16,18);1H. The molecule has 2 atom stereocenters. The average molecular weight is 289 g/mol. The fraction of sp³-hybridized carbons (Fsp3) is 0.462. The Bertz CT molecular complexity index is 456. The maximum Gasteiger partial charge on any atom is 0.237 e. The fourth-order valence-electron chi connectivity index (χ4n) is 1.98. The van der Waals surface area contributed by atoms with Crippen LogP contribution >= 0.6 is 12.4 Å². The predicted molar refractivity (Wildman–Crippen MR) is 72.6 cm³/mol. The number of carbonyl (C=O) groups excluding carboxylic acids is 1. The summed E-state index contributed by atoms with van der Waals surface area (Å²) in [5.41, 5.74) is 1.32. The lowest BCUT2D eigenvalue weighted by molar-refractivity contribution is -0.123. The lowest BCUT2D eigenvalue weighted by Gasteiger charge is -2.11. The van der Waals surface area contributed by atoms with Crippen LogP contribution in [0.4, 0.5) is 4.39 Å². The number of hydrogen-bond donors (Lipinski definition) is 3. The topological polar surface area (TPSA) is 61.4 Å². The minimum atomic E-state index is -0.461. The SMILES string of the molecule is Cc1ccc(CNC(=O)C2CC(O)CN2)cc1F.Cl. The van der Waals surface area contributed by atoms with E-state index in [1.807, 2.05) is 0 Å². The molecule has 2 unspecified atom stereocenters. The van der Waals surface area contributed by atoms with Crippen LogP contribution in [-0.4, -0.2) is 29.7 Å². The highest BCUT2D eigenvalue weighted by Gasteiger charge is 2.27. The summed E-state index contributed by atoms with van der Waals surface area (Å²) in [6.45, 7) is 2.43. The Morgan fingerprint density at radius 1 is 1.58 bits per heavy atom. The molecule has 106 valence electrons. The van der Waals surface area contributed by atoms with Crippen molar-refractivity contribution in [1.29, 1.82) is 0 Å². The predicted octanol–water partition coefficient (Wildman–Crippen LogP) is 0.895. The number of rotatable bonds is 3. The summed E-state index contributed by atoms with van der Waals surface area (Å²) in [6, 6.07) is 4.55. The smallest absolute Gasteiger partial charge is 0.237 e. The van der Waals surface area contributed by atoms with Crippen molar-refractivity contribution in [2.75, 3.05) is 6.54 Å². The second kappa shape index (κ2) is 6.84. The van der Waals surface area contributed by atoms with Crippen LogP contribution in [0.3, 0.4) is 0 Å². The maximum absolute atomic E-state index is 13.3. The monoisotopic (exact) mass is 288 g/mol. The van der Waals surface area contributed by atoms with Gasteiger partial charge in [-0.1, -0.05) is 12.1 Å². The molecule has 19 heavy (non-hydrogen) atoms. The third-order valence-electron chi connectivity index (χ3n) is 3.13. The van der Waals surface area contributed by atoms with Gasteiger partial charge in [-0.2, -0.15) is 0 Å². The lowest BCUT2D eigenvalue weighted by atomic mass is 10.1. The van der Waals surface area contributed by atoms with Crippen LogP contribution in [0.15, 0.2) is 18.2 Å². The molecule has 2 rings (SSSR count). The Kier molecular flexibility index (Phi) is 5.72. The van der Waals surface area contributed by atoms with Gasteiger partial charge in [-0.05, 0) is 30.5 Å². The third-order valence-corrected chi connectivity index (χ3v) is 3.13. The Balaban J connectivity index is 0.00000180. The Hall–Kier alpha value is -1.17. The molecule has 1 heterocycles. The van der Waals surface area contributed by atoms with Crippen molar-refractivity contribution >= 4 is 18.3 Å². The minimum Gasteiger partial charge on any atom is -0.392 e. The van der Waals surface area contributed by atoms with Crippen LogP contribution in [0.5, 0.6) is 0 Å². The van der Waals surface area contributed by atoms with Crippen molar-refractivity contribution in [3.8, 4) is 0 Å². The molecule has 0 aromatic heterocycles. The van der Waals surface area contributed by atoms with Gasteiger partial charge < -0.3 is 15.7 Å². The highest BCUT2D eigenvalue weighted by atomic mass is 35.5. The first-order valence-corrected chi connectivity index (χ1v) is 6.00. The van der Waals surface area contributed by atoms with Gasteiger partial charge in [0.25, 0.3) is 0 Å². The molecular weight excluding hydrogens is 271 g/mol. The molecule has 1 aromatic carbocycles. The molecule has 0 spiro atoms. The number of β-amino-alcohol motifs (C(OH)–C–C–N with tert-alkyl or cyclic N) is 1. The summed E-state index contributed by atoms with van der Waals surface area (Å²) in [4.78, 5) is 11.7. The number of aliphatic hydroxyl groups excluding tert-OH is 1. The molecule has 1 saturated heterocycles. The number of amides is 1. The molecule has 1 amide bonds. The summed E-state index contributed by atoms with van der Waals surface area (Å²) in [7, 11) is 0. The second-order valence-electron chi connectivity index (χ2n) is 4.65. The van der Waals surface area contributed by atoms with Crippen LogP contribution in [-0.2, 0) is 11.3 Å². The van der Waals surface area contributed by atoms with Crippen LogP contribution in [0.25, 0.3) is 0 Å². The lowest BCUT2D eigenvalue weighted by Crippen LogP contribution is -2.40. The van der Waals surface area contributed by atoms with Crippen molar-refractivity contribution in [3.63, 3.8) is 0 Å². The Labute approximate surface area is 117 Å². The number of nitrogens with one attached hydrogen (secondary N) is 2. The van der Waals surface area contributed by atoms with Crippen molar-refractivity contribution in [3.05, 3.63) is 35.1 Å². The fourth-order valence-corrected chi connectivity index (χ4v) is 1.98. The van der Waals surface area contributed by atoms with Gasteiger partial charge in [0.05, 0.1) is 12.1 Å². The van der Waals surface area contributed by atoms with Crippen LogP contribution < -0.4 is 10.6 Å². The first-order valence-electron chi connectivity index (χ1n) is 6.00. The van der Waals surface area contributed by atoms with Crippen LogP contribution in [0, 0.1) is 12.7 Å². The first-order chi connectivity index (χ1) is 8.56. The third kappa shape index (κ3) is 4.16. The minimum absolute atomic E-state index is 0. The van der Waals surface area contributed by atoms with Gasteiger partial charge in [0, 0.05) is 13.1 Å². The molecule has 1 fully saturated rings. The van der Waals surface area contributed by atoms with Crippen molar-refractivity contribution in [2.45, 2.75) is 32.0 Å². The van der Waals surface area contributed by atoms with E-state index in [4.69, 9.17) is 0 Å². The highest BCUT2D eigenvalue weighted by molar-refractivity contribution is 5.85. The molecule has 4 nitrogen and oxygen atoms in total. The van der Waals surface area contributed by atoms with Gasteiger partial charge in [-0.3, -0.25) is 4.79 Å². The second-order valence-corrected chi connectivity index (χ2v) is 4.65. The van der Waals surface area contributed by atoms with Gasteiger partial charge >= 0.3 is 0 Å². The normalized spacial score (nSPS) is 21.8. The van der Waals surface area contributed by atoms with Gasteiger partial charge in [-0.25, -0.2) is 4.39 Å². The van der Waals surface area contributed by atoms with E-state index in [2.05, 4.69) is 10.6 Å². The molecule has 0 radical (unpaired) electrons. The molecule has 6 heteroatoms. The summed E-state index contributed by atoms with van der Waals surface area (Å²) >= 11 is 0. The number of hydrogen-bond acceptors (Lipinski definition) is 3. The van der Waals surface area contributed by atoms with Gasteiger partial charge in [0.2, 0.25) is 5.91 Å². The number of carbonyl (C=O) groups is 1. The van der Waals surface area contributed by atoms with E-state index in [1.165, 1.54) is 6.07 Å². The summed E-state index contributed by atoms with van der Waals surface area (Å²) in [5, 5.41) is 15.0. The molecule has 0 bridgehead atoms. The highest BCUT2D eigenvalue weighted by Crippen LogP contribution is 2.10. The molecule has 1 aliphatic rings. The number of aliphatic hydroxyl groups is 1. The van der Waals surface area contributed by atoms with E-state index >= 15 is 0 Å². The van der Waals surface area contributed by atoms with Crippen LogP contribution in [0.2, 0.25) is 0 Å². The van der Waals surface area contributed by atoms with Gasteiger partial charge in [0.1, 0.15) is 5.82 Å². The van der Waals surface area contributed by atoms with Crippen molar-refractivity contribution in [2.24, 2.45) is 0 Å². The van der Waals surface area contributed by atoms with E-state index in [0.717, 1.165) is 5.56 Å². The summed E-state index contributed by atoms with van der Waals surface area (Å²) in [6.07, 6.45) is -0.0359. The molecular formula is C13H18ClFN2O2. The molecule has 1 aliphatic heterocycles. The van der Waals surface area contributed by atoms with Gasteiger partial charge in [-0.15, -0.1) is 12.4 Å². The van der Waals surface area contributed by atoms with E-state index in [0.29, 0.717) is 25.1 Å². The zero-order valence-corrected chi connectivity index (χ0v) is 11.5. The molecule has 3 N–H and O–H groups in total. The molecule has 0 aliphatic carbocycles. The summed E-state index contributed by atoms with van der Waals surface area (Å²) in [5.74, 6) is -0.427. The molecule has 0 saturated carbocycles. The largest absolute Gasteiger partial charge is 0.392 e. The van der Waals surface area contributed by atoms with Crippen molar-refractivity contribution in [1.82, 2.24) is 10.6 Å². The van der Waals surface area contributed by atoms with E-state index < -0.39 is 6.10 Å². The zero-order valence-electron chi connectivity index (χ0n) is 10.6. The van der Waals surface area contributed by atoms with E-state index in [1.54, 1.807) is 19.1 Å². The molecule has 1 aromatic rings. The Morgan fingerprint density at radius 3 is 2.89 bits per heavy atom. The van der Waals surface area contributed by atoms with Crippen LogP contribution in [0.1, 0.15) is 17.5 Å². The zero-order chi connectivity index (χ0) is 13.1. The van der Waals surface area contributed by atoms with E-state index in [9.17, 15) is 14.3 Å². The number of halogens is 2. The average Bonchev–Trinajstić information content (AvgIpc) is 2.77.